The molecule has 3 heterocycles. The highest BCUT2D eigenvalue weighted by atomic mass is 19.4. The summed E-state index contributed by atoms with van der Waals surface area (Å²) in [5.74, 6) is -2.56. The lowest BCUT2D eigenvalue weighted by Crippen LogP contribution is -2.34. The Hall–Kier alpha value is -2.72. The summed E-state index contributed by atoms with van der Waals surface area (Å²) in [6.45, 7) is -0.553. The normalized spacial score (nSPS) is 17.4. The van der Waals surface area contributed by atoms with E-state index in [2.05, 4.69) is 10.1 Å². The molecule has 0 spiro atoms. The van der Waals surface area contributed by atoms with Crippen LogP contribution in [0.5, 0.6) is 0 Å². The van der Waals surface area contributed by atoms with Crippen LogP contribution in [0.2, 0.25) is 0 Å². The number of alkyl halides is 3. The summed E-state index contributed by atoms with van der Waals surface area (Å²) >= 11 is 0. The maximum atomic E-state index is 14.0. The van der Waals surface area contributed by atoms with Crippen molar-refractivity contribution in [3.05, 3.63) is 45.6 Å². The van der Waals surface area contributed by atoms with Gasteiger partial charge in [-0.1, -0.05) is 0 Å². The van der Waals surface area contributed by atoms with Gasteiger partial charge in [-0.2, -0.15) is 18.3 Å². The van der Waals surface area contributed by atoms with Gasteiger partial charge in [0, 0.05) is 18.2 Å². The van der Waals surface area contributed by atoms with Gasteiger partial charge in [-0.25, -0.2) is 23.6 Å². The number of pyridine rings is 1. The van der Waals surface area contributed by atoms with Crippen LogP contribution < -0.4 is 5.69 Å². The van der Waals surface area contributed by atoms with Gasteiger partial charge in [0.05, 0.1) is 6.54 Å². The maximum Gasteiger partial charge on any atom is 0.436 e. The van der Waals surface area contributed by atoms with Crippen molar-refractivity contribution < 1.29 is 27.5 Å². The van der Waals surface area contributed by atoms with Gasteiger partial charge in [-0.15, -0.1) is 0 Å². The van der Waals surface area contributed by atoms with Crippen LogP contribution >= 0.6 is 0 Å². The van der Waals surface area contributed by atoms with Crippen molar-refractivity contribution in [2.75, 3.05) is 0 Å². The molecule has 7 nitrogen and oxygen atoms in total. The Morgan fingerprint density at radius 3 is 2.76 bits per heavy atom. The number of hydrogen-bond acceptors (Lipinski definition) is 4. The molecule has 0 bridgehead atoms. The Labute approximate surface area is 137 Å². The predicted octanol–water partition coefficient (Wildman–Crippen LogP) is 1.61. The average molecular weight is 360 g/mol. The summed E-state index contributed by atoms with van der Waals surface area (Å²) < 4.78 is 54.0. The van der Waals surface area contributed by atoms with Crippen LogP contribution in [0.15, 0.2) is 17.1 Å². The summed E-state index contributed by atoms with van der Waals surface area (Å²) in [5.41, 5.74) is -2.89. The smallest absolute Gasteiger partial charge is 0.436 e. The van der Waals surface area contributed by atoms with Crippen LogP contribution in [-0.4, -0.2) is 30.4 Å². The first-order valence-corrected chi connectivity index (χ1v) is 7.31. The minimum absolute atomic E-state index is 0.217. The number of aromatic nitrogens is 4. The summed E-state index contributed by atoms with van der Waals surface area (Å²) in [6.07, 6.45) is -3.06. The minimum Gasteiger partial charge on any atom is -0.480 e. The van der Waals surface area contributed by atoms with Crippen molar-refractivity contribution in [2.45, 2.75) is 38.0 Å². The van der Waals surface area contributed by atoms with Crippen LogP contribution in [0, 0.1) is 5.82 Å². The Morgan fingerprint density at radius 2 is 2.12 bits per heavy atom. The standard InChI is InChI=1S/C14H12F4N4O3/c15-10-7(4-5-19-11(10)14(16,17)18)6-21-13(25)22-8(12(23)24)2-1-3-9(22)20-21/h4-5,8H,1-3,6H2,(H,23,24)/t8-/m1/s1. The highest BCUT2D eigenvalue weighted by Crippen LogP contribution is 2.30. The lowest BCUT2D eigenvalue weighted by atomic mass is 10.1. The second-order valence-electron chi connectivity index (χ2n) is 5.60. The van der Waals surface area contributed by atoms with E-state index >= 15 is 0 Å². The van der Waals surface area contributed by atoms with E-state index < -0.39 is 47.5 Å². The highest BCUT2D eigenvalue weighted by Gasteiger charge is 2.37. The lowest BCUT2D eigenvalue weighted by molar-refractivity contribution is -0.144. The topological polar surface area (TPSA) is 90.0 Å². The van der Waals surface area contributed by atoms with Gasteiger partial charge in [-0.3, -0.25) is 4.57 Å². The first kappa shape index (κ1) is 17.1. The molecule has 1 aliphatic heterocycles. The van der Waals surface area contributed by atoms with Crippen LogP contribution in [0.4, 0.5) is 17.6 Å². The second-order valence-corrected chi connectivity index (χ2v) is 5.60. The molecule has 0 fully saturated rings. The molecule has 0 radical (unpaired) electrons. The molecule has 3 rings (SSSR count). The zero-order chi connectivity index (χ0) is 18.4. The number of carbonyl (C=O) groups is 1. The van der Waals surface area contributed by atoms with E-state index in [1.165, 1.54) is 0 Å². The molecule has 134 valence electrons. The number of hydrogen-bond donors (Lipinski definition) is 1. The fourth-order valence-corrected chi connectivity index (χ4v) is 2.83. The van der Waals surface area contributed by atoms with E-state index in [-0.39, 0.29) is 12.2 Å². The van der Waals surface area contributed by atoms with Gasteiger partial charge >= 0.3 is 17.8 Å². The minimum atomic E-state index is -4.97. The molecule has 1 N–H and O–H groups in total. The van der Waals surface area contributed by atoms with E-state index in [4.69, 9.17) is 0 Å². The number of halogens is 4. The Balaban J connectivity index is 2.01. The third kappa shape index (κ3) is 3.01. The zero-order valence-corrected chi connectivity index (χ0v) is 12.6. The summed E-state index contributed by atoms with van der Waals surface area (Å²) in [4.78, 5) is 26.6. The van der Waals surface area contributed by atoms with E-state index in [0.29, 0.717) is 12.8 Å². The van der Waals surface area contributed by atoms with Crippen molar-refractivity contribution in [1.82, 2.24) is 19.3 Å². The fraction of sp³-hybridized carbons (Fsp3) is 0.429. The van der Waals surface area contributed by atoms with Crippen LogP contribution in [0.25, 0.3) is 0 Å². The summed E-state index contributed by atoms with van der Waals surface area (Å²) in [6, 6.07) is -0.0673. The van der Waals surface area contributed by atoms with E-state index in [9.17, 15) is 32.3 Å². The summed E-state index contributed by atoms with van der Waals surface area (Å²) in [7, 11) is 0. The van der Waals surface area contributed by atoms with Crippen LogP contribution in [-0.2, 0) is 23.9 Å². The molecule has 25 heavy (non-hydrogen) atoms. The van der Waals surface area contributed by atoms with Gasteiger partial charge in [0.25, 0.3) is 0 Å². The first-order chi connectivity index (χ1) is 11.7. The Bertz CT molecular complexity index is 887. The molecule has 2 aromatic rings. The van der Waals surface area contributed by atoms with Gasteiger partial charge < -0.3 is 5.11 Å². The number of carboxylic acid groups (broad SMARTS) is 1. The molecule has 11 heteroatoms. The van der Waals surface area contributed by atoms with Crippen molar-refractivity contribution in [3.63, 3.8) is 0 Å². The van der Waals surface area contributed by atoms with Crippen molar-refractivity contribution >= 4 is 5.97 Å². The summed E-state index contributed by atoms with van der Waals surface area (Å²) in [5, 5.41) is 13.1. The highest BCUT2D eigenvalue weighted by molar-refractivity contribution is 5.72. The first-order valence-electron chi connectivity index (χ1n) is 7.31. The molecule has 1 atom stereocenters. The van der Waals surface area contributed by atoms with Gasteiger partial charge in [-0.05, 0) is 18.9 Å². The molecule has 2 aromatic heterocycles. The molecule has 0 aliphatic carbocycles. The molecule has 1 aliphatic rings. The lowest BCUT2D eigenvalue weighted by Gasteiger charge is -2.19. The van der Waals surface area contributed by atoms with Gasteiger partial charge in [0.1, 0.15) is 11.9 Å². The molecular weight excluding hydrogens is 348 g/mol. The SMILES string of the molecule is O=C(O)[C@H]1CCCc2nn(Cc3ccnc(C(F)(F)F)c3F)c(=O)n21. The Kier molecular flexibility index (Phi) is 4.09. The monoisotopic (exact) mass is 360 g/mol. The number of aryl methyl sites for hydroxylation is 1. The Morgan fingerprint density at radius 1 is 1.40 bits per heavy atom. The number of fused-ring (bicyclic) bond motifs is 1. The van der Waals surface area contributed by atoms with Gasteiger partial charge in [0.2, 0.25) is 0 Å². The van der Waals surface area contributed by atoms with Crippen molar-refractivity contribution in [3.8, 4) is 0 Å². The number of rotatable bonds is 3. The molecule has 0 amide bonds. The largest absolute Gasteiger partial charge is 0.480 e. The third-order valence-corrected chi connectivity index (χ3v) is 3.97. The van der Waals surface area contributed by atoms with Crippen LogP contribution in [0.3, 0.4) is 0 Å². The third-order valence-electron chi connectivity index (χ3n) is 3.97. The molecule has 0 unspecified atom stereocenters. The molecular formula is C14H12F4N4O3. The van der Waals surface area contributed by atoms with E-state index in [1.54, 1.807) is 0 Å². The van der Waals surface area contributed by atoms with Crippen molar-refractivity contribution in [2.24, 2.45) is 0 Å². The van der Waals surface area contributed by atoms with Crippen LogP contribution in [0.1, 0.15) is 36.0 Å². The zero-order valence-electron chi connectivity index (χ0n) is 12.6. The average Bonchev–Trinajstić information content (AvgIpc) is 2.84. The second kappa shape index (κ2) is 5.97. The predicted molar refractivity (Wildman–Crippen MR) is 74.4 cm³/mol. The molecule has 0 aromatic carbocycles. The van der Waals surface area contributed by atoms with Gasteiger partial charge in [0.15, 0.2) is 11.5 Å². The number of carboxylic acids is 1. The molecule has 0 saturated carbocycles. The fourth-order valence-electron chi connectivity index (χ4n) is 2.83. The molecule has 0 saturated heterocycles. The number of aliphatic carboxylic acids is 1. The van der Waals surface area contributed by atoms with E-state index in [0.717, 1.165) is 21.5 Å². The maximum absolute atomic E-state index is 14.0. The number of nitrogens with zero attached hydrogens (tertiary/aromatic N) is 4. The van der Waals surface area contributed by atoms with Crippen molar-refractivity contribution in [1.29, 1.82) is 0 Å². The quantitative estimate of drug-likeness (QED) is 0.840. The van der Waals surface area contributed by atoms with E-state index in [1.807, 2.05) is 0 Å².